The molecule has 1 spiro atoms. The molecule has 0 bridgehead atoms. The molecule has 0 radical (unpaired) electrons. The molecule has 6 atom stereocenters. The SMILES string of the molecule is COCc1ccc(Oc2ccc(/C=C/C(=O)O[C@@H]3CC[C@]4(CO4)[C@@H](C4(C)O[C@H]4CC=C(C)C)[C@@H]3O)cc2)cc1. The highest BCUT2D eigenvalue weighted by Crippen LogP contribution is 2.59. The van der Waals surface area contributed by atoms with Gasteiger partial charge in [-0.3, -0.25) is 0 Å². The third kappa shape index (κ3) is 6.28. The van der Waals surface area contributed by atoms with E-state index in [2.05, 4.69) is 19.9 Å². The second-order valence-electron chi connectivity index (χ2n) is 11.2. The van der Waals surface area contributed by atoms with Crippen LogP contribution in [0.3, 0.4) is 0 Å². The maximum Gasteiger partial charge on any atom is 0.331 e. The van der Waals surface area contributed by atoms with Crippen LogP contribution in [-0.4, -0.2) is 54.3 Å². The van der Waals surface area contributed by atoms with Crippen molar-refractivity contribution in [1.82, 2.24) is 0 Å². The van der Waals surface area contributed by atoms with Gasteiger partial charge in [0, 0.05) is 13.2 Å². The van der Waals surface area contributed by atoms with Gasteiger partial charge in [-0.1, -0.05) is 35.9 Å². The summed E-state index contributed by atoms with van der Waals surface area (Å²) in [6, 6.07) is 15.2. The van der Waals surface area contributed by atoms with Gasteiger partial charge in [-0.25, -0.2) is 4.79 Å². The third-order valence-electron chi connectivity index (χ3n) is 8.02. The van der Waals surface area contributed by atoms with Crippen molar-refractivity contribution < 1.29 is 33.6 Å². The predicted molar refractivity (Wildman–Crippen MR) is 147 cm³/mol. The molecule has 208 valence electrons. The van der Waals surface area contributed by atoms with Crippen LogP contribution in [0, 0.1) is 5.92 Å². The van der Waals surface area contributed by atoms with Gasteiger partial charge in [-0.15, -0.1) is 0 Å². The van der Waals surface area contributed by atoms with E-state index in [4.69, 9.17) is 23.7 Å². The molecule has 1 aliphatic carbocycles. The average Bonchev–Trinajstić information content (AvgIpc) is 3.83. The maximum atomic E-state index is 12.7. The number of aliphatic hydroxyl groups excluding tert-OH is 1. The predicted octanol–water partition coefficient (Wildman–Crippen LogP) is 5.60. The normalized spacial score (nSPS) is 31.2. The number of aliphatic hydroxyl groups is 1. The van der Waals surface area contributed by atoms with Crippen molar-refractivity contribution in [3.05, 3.63) is 77.4 Å². The molecule has 1 saturated carbocycles. The molecular weight excluding hydrogens is 496 g/mol. The summed E-state index contributed by atoms with van der Waals surface area (Å²) in [5.41, 5.74) is 2.29. The van der Waals surface area contributed by atoms with E-state index in [1.54, 1.807) is 13.2 Å². The number of allylic oxidation sites excluding steroid dienone is 1. The molecular formula is C32H38O7. The topological polar surface area (TPSA) is 90.1 Å². The van der Waals surface area contributed by atoms with Crippen LogP contribution in [0.2, 0.25) is 0 Å². The molecule has 5 rings (SSSR count). The van der Waals surface area contributed by atoms with Crippen molar-refractivity contribution in [2.24, 2.45) is 5.92 Å². The first-order chi connectivity index (χ1) is 18.7. The summed E-state index contributed by atoms with van der Waals surface area (Å²) in [5, 5.41) is 11.3. The smallest absolute Gasteiger partial charge is 0.331 e. The molecule has 2 aliphatic heterocycles. The standard InChI is InChI=1S/C32H38O7/c1-21(2)5-15-27-31(3,39-27)30-29(34)26(17-18-32(30)20-36-32)38-28(33)16-10-22-6-11-24(12-7-22)37-25-13-8-23(9-14-25)19-35-4/h5-14,16,26-27,29-30,34H,15,17-20H2,1-4H3/b16-10+/t26-,27+,29-,30-,31?,32+/m1/s1. The Hall–Kier alpha value is -2.97. The molecule has 3 aliphatic rings. The molecule has 2 aromatic carbocycles. The minimum absolute atomic E-state index is 0.0319. The van der Waals surface area contributed by atoms with Crippen molar-refractivity contribution in [3.63, 3.8) is 0 Å². The van der Waals surface area contributed by atoms with E-state index < -0.39 is 23.8 Å². The number of hydrogen-bond donors (Lipinski definition) is 1. The molecule has 1 unspecified atom stereocenters. The quantitative estimate of drug-likeness (QED) is 0.184. The van der Waals surface area contributed by atoms with Crippen molar-refractivity contribution in [2.45, 2.75) is 76.2 Å². The Kier molecular flexibility index (Phi) is 7.96. The fourth-order valence-corrected chi connectivity index (χ4v) is 5.77. The van der Waals surface area contributed by atoms with Gasteiger partial charge in [0.1, 0.15) is 28.8 Å². The van der Waals surface area contributed by atoms with Crippen LogP contribution >= 0.6 is 0 Å². The Bertz CT molecular complexity index is 1210. The molecule has 39 heavy (non-hydrogen) atoms. The number of rotatable bonds is 10. The minimum Gasteiger partial charge on any atom is -0.457 e. The summed E-state index contributed by atoms with van der Waals surface area (Å²) in [4.78, 5) is 12.7. The molecule has 0 amide bonds. The van der Waals surface area contributed by atoms with E-state index in [1.807, 2.05) is 55.5 Å². The molecule has 2 saturated heterocycles. The van der Waals surface area contributed by atoms with Crippen LogP contribution in [0.5, 0.6) is 11.5 Å². The van der Waals surface area contributed by atoms with Crippen LogP contribution in [0.25, 0.3) is 6.08 Å². The van der Waals surface area contributed by atoms with Gasteiger partial charge >= 0.3 is 5.97 Å². The van der Waals surface area contributed by atoms with Crippen LogP contribution in [0.4, 0.5) is 0 Å². The molecule has 3 fully saturated rings. The van der Waals surface area contributed by atoms with Gasteiger partial charge in [0.2, 0.25) is 0 Å². The zero-order valence-electron chi connectivity index (χ0n) is 23.1. The first-order valence-electron chi connectivity index (χ1n) is 13.6. The summed E-state index contributed by atoms with van der Waals surface area (Å²) >= 11 is 0. The monoisotopic (exact) mass is 534 g/mol. The summed E-state index contributed by atoms with van der Waals surface area (Å²) in [7, 11) is 1.67. The Balaban J connectivity index is 1.16. The lowest BCUT2D eigenvalue weighted by molar-refractivity contribution is -0.162. The van der Waals surface area contributed by atoms with Crippen LogP contribution in [0.15, 0.2) is 66.3 Å². The lowest BCUT2D eigenvalue weighted by atomic mass is 9.68. The lowest BCUT2D eigenvalue weighted by Gasteiger charge is -2.40. The van der Waals surface area contributed by atoms with E-state index in [9.17, 15) is 9.90 Å². The van der Waals surface area contributed by atoms with Crippen LogP contribution < -0.4 is 4.74 Å². The number of benzene rings is 2. The van der Waals surface area contributed by atoms with E-state index >= 15 is 0 Å². The second kappa shape index (κ2) is 11.3. The number of methoxy groups -OCH3 is 1. The fourth-order valence-electron chi connectivity index (χ4n) is 5.77. The summed E-state index contributed by atoms with van der Waals surface area (Å²) in [5.74, 6) is 0.711. The zero-order chi connectivity index (χ0) is 27.6. The van der Waals surface area contributed by atoms with Crippen LogP contribution in [0.1, 0.15) is 51.2 Å². The maximum absolute atomic E-state index is 12.7. The number of carbonyl (C=O) groups excluding carboxylic acids is 1. The summed E-state index contributed by atoms with van der Waals surface area (Å²) < 4.78 is 28.7. The van der Waals surface area contributed by atoms with Crippen molar-refractivity contribution in [2.75, 3.05) is 13.7 Å². The fraction of sp³-hybridized carbons (Fsp3) is 0.469. The number of epoxide rings is 2. The van der Waals surface area contributed by atoms with Gasteiger partial charge in [-0.2, -0.15) is 0 Å². The average molecular weight is 535 g/mol. The van der Waals surface area contributed by atoms with Crippen LogP contribution in [-0.2, 0) is 30.3 Å². The van der Waals surface area contributed by atoms with E-state index in [-0.39, 0.29) is 17.6 Å². The Morgan fingerprint density at radius 2 is 1.77 bits per heavy atom. The van der Waals surface area contributed by atoms with E-state index in [0.29, 0.717) is 25.4 Å². The molecule has 2 aromatic rings. The minimum atomic E-state index is -0.847. The van der Waals surface area contributed by atoms with Gasteiger partial charge in [0.25, 0.3) is 0 Å². The van der Waals surface area contributed by atoms with Crippen molar-refractivity contribution in [3.8, 4) is 11.5 Å². The molecule has 7 nitrogen and oxygen atoms in total. The van der Waals surface area contributed by atoms with Gasteiger partial charge in [0.05, 0.1) is 31.3 Å². The first kappa shape index (κ1) is 27.6. The molecule has 0 aromatic heterocycles. The Labute approximate surface area is 230 Å². The molecule has 1 N–H and O–H groups in total. The first-order valence-corrected chi connectivity index (χ1v) is 13.6. The van der Waals surface area contributed by atoms with E-state index in [0.717, 1.165) is 29.7 Å². The zero-order valence-corrected chi connectivity index (χ0v) is 23.1. The highest BCUT2D eigenvalue weighted by molar-refractivity contribution is 5.87. The highest BCUT2D eigenvalue weighted by atomic mass is 16.6. The number of carbonyl (C=O) groups is 1. The third-order valence-corrected chi connectivity index (χ3v) is 8.02. The number of hydrogen-bond acceptors (Lipinski definition) is 7. The number of ether oxygens (including phenoxy) is 5. The number of esters is 1. The molecule has 2 heterocycles. The summed E-state index contributed by atoms with van der Waals surface area (Å²) in [6.45, 7) is 7.35. The van der Waals surface area contributed by atoms with Gasteiger partial charge in [-0.05, 0) is 81.5 Å². The van der Waals surface area contributed by atoms with E-state index in [1.165, 1.54) is 11.6 Å². The van der Waals surface area contributed by atoms with Crippen molar-refractivity contribution in [1.29, 1.82) is 0 Å². The highest BCUT2D eigenvalue weighted by Gasteiger charge is 2.71. The van der Waals surface area contributed by atoms with Gasteiger partial charge < -0.3 is 28.8 Å². The lowest BCUT2D eigenvalue weighted by Crippen LogP contribution is -2.54. The summed E-state index contributed by atoms with van der Waals surface area (Å²) in [6.07, 6.45) is 5.94. The largest absolute Gasteiger partial charge is 0.457 e. The Morgan fingerprint density at radius 1 is 1.10 bits per heavy atom. The van der Waals surface area contributed by atoms with Gasteiger partial charge in [0.15, 0.2) is 0 Å². The van der Waals surface area contributed by atoms with Crippen molar-refractivity contribution >= 4 is 12.0 Å². The molecule has 7 heteroatoms. The Morgan fingerprint density at radius 3 is 2.38 bits per heavy atom. The second-order valence-corrected chi connectivity index (χ2v) is 11.2.